The van der Waals surface area contributed by atoms with Gasteiger partial charge in [-0.15, -0.1) is 10.2 Å². The SMILES string of the molecule is CCc1ccccc1NC(=O)Cc1nnc(SCCCC(=O)Nc2ccc(Cl)cc2)n1CC. The molecule has 0 atom stereocenters. The third-order valence-electron chi connectivity index (χ3n) is 5.01. The maximum absolute atomic E-state index is 12.6. The molecule has 0 fully saturated rings. The Balaban J connectivity index is 1.48. The summed E-state index contributed by atoms with van der Waals surface area (Å²) in [5, 5.41) is 15.7. The van der Waals surface area contributed by atoms with Crippen LogP contribution in [-0.2, 0) is 29.0 Å². The van der Waals surface area contributed by atoms with E-state index in [0.717, 1.165) is 34.3 Å². The number of anilines is 2. The number of halogens is 1. The van der Waals surface area contributed by atoms with Crippen molar-refractivity contribution in [3.8, 4) is 0 Å². The molecule has 33 heavy (non-hydrogen) atoms. The Labute approximate surface area is 203 Å². The van der Waals surface area contributed by atoms with Crippen LogP contribution >= 0.6 is 23.4 Å². The quantitative estimate of drug-likeness (QED) is 0.287. The fourth-order valence-electron chi connectivity index (χ4n) is 3.32. The molecule has 0 saturated heterocycles. The van der Waals surface area contributed by atoms with Gasteiger partial charge in [-0.2, -0.15) is 0 Å². The maximum atomic E-state index is 12.6. The number of amides is 2. The second kappa shape index (κ2) is 12.4. The van der Waals surface area contributed by atoms with Crippen LogP contribution in [0.5, 0.6) is 0 Å². The van der Waals surface area contributed by atoms with E-state index in [2.05, 4.69) is 27.8 Å². The number of hydrogen-bond acceptors (Lipinski definition) is 5. The fraction of sp³-hybridized carbons (Fsp3) is 0.333. The lowest BCUT2D eigenvalue weighted by atomic mass is 10.1. The van der Waals surface area contributed by atoms with E-state index in [1.165, 1.54) is 0 Å². The summed E-state index contributed by atoms with van der Waals surface area (Å²) in [5.74, 6) is 1.20. The summed E-state index contributed by atoms with van der Waals surface area (Å²) in [6.07, 6.45) is 2.11. The van der Waals surface area contributed by atoms with Crippen molar-refractivity contribution in [2.24, 2.45) is 0 Å². The molecule has 3 rings (SSSR count). The van der Waals surface area contributed by atoms with E-state index in [9.17, 15) is 9.59 Å². The Morgan fingerprint density at radius 3 is 2.48 bits per heavy atom. The number of hydrogen-bond donors (Lipinski definition) is 2. The Bertz CT molecular complexity index is 1080. The molecule has 1 heterocycles. The van der Waals surface area contributed by atoms with Gasteiger partial charge in [0.1, 0.15) is 5.82 Å². The normalized spacial score (nSPS) is 10.8. The molecule has 2 amide bonds. The first kappa shape index (κ1) is 24.8. The maximum Gasteiger partial charge on any atom is 0.232 e. The highest BCUT2D eigenvalue weighted by molar-refractivity contribution is 7.99. The van der Waals surface area contributed by atoms with E-state index in [-0.39, 0.29) is 18.2 Å². The van der Waals surface area contributed by atoms with Crippen molar-refractivity contribution in [3.63, 3.8) is 0 Å². The molecule has 1 aromatic heterocycles. The van der Waals surface area contributed by atoms with Gasteiger partial charge in [-0.25, -0.2) is 0 Å². The molecule has 0 unspecified atom stereocenters. The van der Waals surface area contributed by atoms with Gasteiger partial charge in [0.2, 0.25) is 11.8 Å². The van der Waals surface area contributed by atoms with Gasteiger partial charge >= 0.3 is 0 Å². The first-order valence-electron chi connectivity index (χ1n) is 11.0. The van der Waals surface area contributed by atoms with Crippen molar-refractivity contribution in [2.45, 2.75) is 51.2 Å². The number of thioether (sulfide) groups is 1. The van der Waals surface area contributed by atoms with E-state index in [4.69, 9.17) is 11.6 Å². The summed E-state index contributed by atoms with van der Waals surface area (Å²) in [6, 6.07) is 14.8. The standard InChI is InChI=1S/C24H28ClN5O2S/c1-3-17-8-5-6-9-20(17)27-23(32)16-21-28-29-24(30(21)4-2)33-15-7-10-22(31)26-19-13-11-18(25)12-14-19/h5-6,8-9,11-14H,3-4,7,10,15-16H2,1-2H3,(H,26,31)(H,27,32). The predicted octanol–water partition coefficient (Wildman–Crippen LogP) is 5.21. The fourth-order valence-corrected chi connectivity index (χ4v) is 4.40. The molecular formula is C24H28ClN5O2S. The van der Waals surface area contributed by atoms with Gasteiger partial charge in [0.15, 0.2) is 5.16 Å². The minimum Gasteiger partial charge on any atom is -0.326 e. The number of carbonyl (C=O) groups excluding carboxylic acids is 2. The zero-order chi connectivity index (χ0) is 23.6. The lowest BCUT2D eigenvalue weighted by Crippen LogP contribution is -2.18. The molecular weight excluding hydrogens is 458 g/mol. The smallest absolute Gasteiger partial charge is 0.232 e. The van der Waals surface area contributed by atoms with E-state index in [1.54, 1.807) is 36.0 Å². The minimum atomic E-state index is -0.117. The number of carbonyl (C=O) groups is 2. The Hall–Kier alpha value is -2.84. The first-order valence-corrected chi connectivity index (χ1v) is 12.3. The van der Waals surface area contributed by atoms with Gasteiger partial charge in [0.05, 0.1) is 6.42 Å². The largest absolute Gasteiger partial charge is 0.326 e. The van der Waals surface area contributed by atoms with E-state index in [1.807, 2.05) is 35.8 Å². The van der Waals surface area contributed by atoms with Crippen molar-refractivity contribution >= 4 is 46.6 Å². The highest BCUT2D eigenvalue weighted by atomic mass is 35.5. The summed E-state index contributed by atoms with van der Waals surface area (Å²) in [7, 11) is 0. The molecule has 0 radical (unpaired) electrons. The van der Waals surface area contributed by atoms with Crippen LogP contribution in [0.1, 0.15) is 38.1 Å². The highest BCUT2D eigenvalue weighted by Gasteiger charge is 2.15. The average molecular weight is 486 g/mol. The van der Waals surface area contributed by atoms with Gasteiger partial charge < -0.3 is 15.2 Å². The van der Waals surface area contributed by atoms with Crippen molar-refractivity contribution in [2.75, 3.05) is 16.4 Å². The second-order valence-corrected chi connectivity index (χ2v) is 8.88. The van der Waals surface area contributed by atoms with Crippen LogP contribution in [0.4, 0.5) is 11.4 Å². The van der Waals surface area contributed by atoms with Crippen LogP contribution in [0.25, 0.3) is 0 Å². The average Bonchev–Trinajstić information content (AvgIpc) is 3.19. The molecule has 0 saturated carbocycles. The number of para-hydroxylation sites is 1. The van der Waals surface area contributed by atoms with E-state index < -0.39 is 0 Å². The van der Waals surface area contributed by atoms with Crippen molar-refractivity contribution in [1.82, 2.24) is 14.8 Å². The van der Waals surface area contributed by atoms with Gasteiger partial charge in [-0.05, 0) is 55.7 Å². The van der Waals surface area contributed by atoms with Gasteiger partial charge in [0.25, 0.3) is 0 Å². The number of aryl methyl sites for hydroxylation is 1. The molecule has 9 heteroatoms. The van der Waals surface area contributed by atoms with Crippen LogP contribution in [0, 0.1) is 0 Å². The summed E-state index contributed by atoms with van der Waals surface area (Å²) >= 11 is 7.40. The molecule has 3 aromatic rings. The molecule has 0 spiro atoms. The molecule has 0 bridgehead atoms. The molecule has 0 aliphatic heterocycles. The van der Waals surface area contributed by atoms with Crippen LogP contribution in [0.15, 0.2) is 53.7 Å². The summed E-state index contributed by atoms with van der Waals surface area (Å²) in [5.41, 5.74) is 2.66. The number of benzene rings is 2. The summed E-state index contributed by atoms with van der Waals surface area (Å²) < 4.78 is 1.95. The van der Waals surface area contributed by atoms with Crippen LogP contribution in [0.3, 0.4) is 0 Å². The number of nitrogens with zero attached hydrogens (tertiary/aromatic N) is 3. The monoisotopic (exact) mass is 485 g/mol. The molecule has 0 aliphatic rings. The van der Waals surface area contributed by atoms with Crippen molar-refractivity contribution in [3.05, 3.63) is 64.9 Å². The number of aromatic nitrogens is 3. The Kier molecular flexibility index (Phi) is 9.33. The first-order chi connectivity index (χ1) is 16.0. The summed E-state index contributed by atoms with van der Waals surface area (Å²) in [4.78, 5) is 24.7. The van der Waals surface area contributed by atoms with Gasteiger partial charge in [0, 0.05) is 35.1 Å². The van der Waals surface area contributed by atoms with Gasteiger partial charge in [-0.3, -0.25) is 9.59 Å². The summed E-state index contributed by atoms with van der Waals surface area (Å²) in [6.45, 7) is 4.73. The third-order valence-corrected chi connectivity index (χ3v) is 6.31. The third kappa shape index (κ3) is 7.33. The lowest BCUT2D eigenvalue weighted by Gasteiger charge is -2.10. The van der Waals surface area contributed by atoms with Crippen molar-refractivity contribution in [1.29, 1.82) is 0 Å². The van der Waals surface area contributed by atoms with E-state index >= 15 is 0 Å². The lowest BCUT2D eigenvalue weighted by molar-refractivity contribution is -0.116. The van der Waals surface area contributed by atoms with Crippen LogP contribution in [0.2, 0.25) is 5.02 Å². The van der Waals surface area contributed by atoms with Crippen LogP contribution < -0.4 is 10.6 Å². The number of nitrogens with one attached hydrogen (secondary N) is 2. The Morgan fingerprint density at radius 1 is 1.00 bits per heavy atom. The van der Waals surface area contributed by atoms with E-state index in [0.29, 0.717) is 30.2 Å². The predicted molar refractivity (Wildman–Crippen MR) is 134 cm³/mol. The zero-order valence-corrected chi connectivity index (χ0v) is 20.4. The molecule has 0 aliphatic carbocycles. The molecule has 2 N–H and O–H groups in total. The second-order valence-electron chi connectivity index (χ2n) is 7.39. The minimum absolute atomic E-state index is 0.0420. The molecule has 7 nitrogen and oxygen atoms in total. The zero-order valence-electron chi connectivity index (χ0n) is 18.8. The van der Waals surface area contributed by atoms with Gasteiger partial charge in [-0.1, -0.05) is 48.5 Å². The topological polar surface area (TPSA) is 88.9 Å². The van der Waals surface area contributed by atoms with Crippen molar-refractivity contribution < 1.29 is 9.59 Å². The molecule has 174 valence electrons. The molecule has 2 aromatic carbocycles. The Morgan fingerprint density at radius 2 is 1.76 bits per heavy atom. The van der Waals surface area contributed by atoms with Crippen LogP contribution in [-0.4, -0.2) is 32.3 Å². The number of rotatable bonds is 11. The highest BCUT2D eigenvalue weighted by Crippen LogP contribution is 2.20.